The van der Waals surface area contributed by atoms with E-state index in [-0.39, 0.29) is 12.8 Å². The van der Waals surface area contributed by atoms with Crippen LogP contribution in [0.5, 0.6) is 0 Å². The van der Waals surface area contributed by atoms with Crippen molar-refractivity contribution in [1.29, 1.82) is 0 Å². The molecular weight excluding hydrogens is 402 g/mol. The van der Waals surface area contributed by atoms with Crippen molar-refractivity contribution in [2.24, 2.45) is 28.7 Å². The van der Waals surface area contributed by atoms with Gasteiger partial charge in [-0.05, 0) is 45.2 Å². The zero-order chi connectivity index (χ0) is 24.1. The van der Waals surface area contributed by atoms with Gasteiger partial charge in [0.1, 0.15) is 18.1 Å². The van der Waals surface area contributed by atoms with Gasteiger partial charge in [-0.25, -0.2) is 0 Å². The number of carbonyl (C=O) groups is 4. The zero-order valence-corrected chi connectivity index (χ0v) is 17.1. The van der Waals surface area contributed by atoms with E-state index in [1.165, 1.54) is 0 Å². The molecule has 14 N–H and O–H groups in total. The van der Waals surface area contributed by atoms with Crippen molar-refractivity contribution in [1.82, 2.24) is 0 Å². The topological polar surface area (TPSA) is 279 Å². The van der Waals surface area contributed by atoms with Gasteiger partial charge in [0.25, 0.3) is 0 Å². The number of aliphatic carboxylic acids is 4. The Hall–Kier alpha value is -2.32. The Balaban J connectivity index is -0.000000364. The second-order valence-electron chi connectivity index (χ2n) is 6.34. The van der Waals surface area contributed by atoms with Gasteiger partial charge in [0, 0.05) is 6.42 Å². The van der Waals surface area contributed by atoms with Crippen LogP contribution >= 0.6 is 0 Å². The number of carboxylic acids is 4. The Morgan fingerprint density at radius 2 is 0.867 bits per heavy atom. The molecule has 0 aromatic carbocycles. The Morgan fingerprint density at radius 3 is 1.10 bits per heavy atom. The molecule has 30 heavy (non-hydrogen) atoms. The molecule has 0 fully saturated rings. The van der Waals surface area contributed by atoms with Crippen molar-refractivity contribution in [2.45, 2.75) is 69.5 Å². The average molecular weight is 440 g/mol. The second kappa shape index (κ2) is 21.4. The summed E-state index contributed by atoms with van der Waals surface area (Å²) in [7, 11) is 0. The molecule has 0 radical (unpaired) electrons. The summed E-state index contributed by atoms with van der Waals surface area (Å²) in [6.07, 6.45) is 4.10. The predicted octanol–water partition coefficient (Wildman–Crippen LogP) is -1.68. The summed E-state index contributed by atoms with van der Waals surface area (Å²) in [5, 5.41) is 32.9. The lowest BCUT2D eigenvalue weighted by atomic mass is 10.1. The van der Waals surface area contributed by atoms with Gasteiger partial charge in [-0.3, -0.25) is 19.2 Å². The highest BCUT2D eigenvalue weighted by Crippen LogP contribution is 1.97. The van der Waals surface area contributed by atoms with E-state index in [0.717, 1.165) is 25.7 Å². The third-order valence-electron chi connectivity index (χ3n) is 3.56. The fourth-order valence-corrected chi connectivity index (χ4v) is 1.67. The highest BCUT2D eigenvalue weighted by atomic mass is 16.4. The van der Waals surface area contributed by atoms with Crippen LogP contribution in [0.15, 0.2) is 0 Å². The smallest absolute Gasteiger partial charge is 0.320 e. The van der Waals surface area contributed by atoms with E-state index in [2.05, 4.69) is 0 Å². The average Bonchev–Trinajstić information content (AvgIpc) is 2.66. The van der Waals surface area contributed by atoms with Gasteiger partial charge >= 0.3 is 23.9 Å². The van der Waals surface area contributed by atoms with Crippen LogP contribution in [0.4, 0.5) is 0 Å². The molecule has 0 unspecified atom stereocenters. The Morgan fingerprint density at radius 1 is 0.567 bits per heavy atom. The lowest BCUT2D eigenvalue weighted by Crippen LogP contribution is -2.30. The number of unbranched alkanes of at least 4 members (excludes halogenated alkanes) is 2. The van der Waals surface area contributed by atoms with Crippen LogP contribution in [0.25, 0.3) is 0 Å². The fraction of sp³-hybridized carbons (Fsp3) is 0.765. The Labute approximate surface area is 175 Å². The van der Waals surface area contributed by atoms with Crippen LogP contribution in [0.1, 0.15) is 51.4 Å². The molecule has 0 aliphatic rings. The minimum atomic E-state index is -1.17. The number of rotatable bonds is 14. The Kier molecular flexibility index (Phi) is 23.1. The molecule has 0 heterocycles. The molecule has 0 aliphatic heterocycles. The minimum absolute atomic E-state index is 0.0231. The van der Waals surface area contributed by atoms with Crippen LogP contribution in [-0.4, -0.2) is 75.5 Å². The van der Waals surface area contributed by atoms with Gasteiger partial charge < -0.3 is 49.1 Å². The lowest BCUT2D eigenvalue weighted by Gasteiger charge is -2.03. The maximum Gasteiger partial charge on any atom is 0.320 e. The highest BCUT2D eigenvalue weighted by molar-refractivity contribution is 5.74. The standard InChI is InChI=1S/2C6H14N2O2.C5H9NO4/c2*7-4-2-1-3-5(8)6(9)10;6-3(5(9)10)1-2-4(7)8/h2*5H,1-4,7-8H2,(H,9,10);3H,1-2,6H2,(H,7,8)(H,9,10)/t2*5-;3-/m000/s1. The van der Waals surface area contributed by atoms with E-state index < -0.39 is 42.0 Å². The third kappa shape index (κ3) is 25.7. The number of nitrogens with two attached hydrogens (primary N) is 5. The van der Waals surface area contributed by atoms with E-state index in [1.54, 1.807) is 0 Å². The summed E-state index contributed by atoms with van der Waals surface area (Å²) < 4.78 is 0. The molecule has 0 aromatic heterocycles. The number of carboxylic acid groups (broad SMARTS) is 4. The third-order valence-corrected chi connectivity index (χ3v) is 3.56. The zero-order valence-electron chi connectivity index (χ0n) is 17.1. The molecule has 0 saturated carbocycles. The lowest BCUT2D eigenvalue weighted by molar-refractivity contribution is -0.141. The first-order chi connectivity index (χ1) is 13.9. The van der Waals surface area contributed by atoms with Gasteiger partial charge in [-0.2, -0.15) is 0 Å². The SMILES string of the molecule is NCCCC[C@H](N)C(=O)O.NCCCC[C@H](N)C(=O)O.N[C@@H](CCC(=O)O)C(=O)O. The Bertz CT molecular complexity index is 467. The molecule has 178 valence electrons. The predicted molar refractivity (Wildman–Crippen MR) is 110 cm³/mol. The van der Waals surface area contributed by atoms with E-state index in [9.17, 15) is 19.2 Å². The summed E-state index contributed by atoms with van der Waals surface area (Å²) in [5.74, 6) is -4.06. The molecule has 0 saturated heterocycles. The van der Waals surface area contributed by atoms with Crippen LogP contribution in [-0.2, 0) is 19.2 Å². The van der Waals surface area contributed by atoms with E-state index in [1.807, 2.05) is 0 Å². The summed E-state index contributed by atoms with van der Waals surface area (Å²) in [5.41, 5.74) is 25.8. The fourth-order valence-electron chi connectivity index (χ4n) is 1.67. The first kappa shape index (κ1) is 32.3. The van der Waals surface area contributed by atoms with Crippen molar-refractivity contribution in [2.75, 3.05) is 13.1 Å². The summed E-state index contributed by atoms with van der Waals surface area (Å²) in [6, 6.07) is -2.49. The summed E-state index contributed by atoms with van der Waals surface area (Å²) >= 11 is 0. The molecule has 13 nitrogen and oxygen atoms in total. The van der Waals surface area contributed by atoms with Crippen molar-refractivity contribution in [3.8, 4) is 0 Å². The van der Waals surface area contributed by atoms with Crippen LogP contribution in [0.2, 0.25) is 0 Å². The monoisotopic (exact) mass is 439 g/mol. The number of hydrogen-bond acceptors (Lipinski definition) is 9. The molecule has 3 atom stereocenters. The first-order valence-electron chi connectivity index (χ1n) is 9.47. The molecule has 0 spiro atoms. The van der Waals surface area contributed by atoms with Gasteiger partial charge in [0.2, 0.25) is 0 Å². The van der Waals surface area contributed by atoms with Gasteiger partial charge in [0.05, 0.1) is 0 Å². The maximum atomic E-state index is 10.1. The van der Waals surface area contributed by atoms with Gasteiger partial charge in [-0.15, -0.1) is 0 Å². The van der Waals surface area contributed by atoms with Crippen molar-refractivity contribution >= 4 is 23.9 Å². The molecule has 0 aliphatic carbocycles. The summed E-state index contributed by atoms with van der Waals surface area (Å²) in [6.45, 7) is 1.21. The minimum Gasteiger partial charge on any atom is -0.481 e. The van der Waals surface area contributed by atoms with Crippen molar-refractivity contribution in [3.63, 3.8) is 0 Å². The van der Waals surface area contributed by atoms with E-state index >= 15 is 0 Å². The molecule has 0 amide bonds. The molecule has 13 heteroatoms. The largest absolute Gasteiger partial charge is 0.481 e. The molecule has 0 bridgehead atoms. The van der Waals surface area contributed by atoms with Gasteiger partial charge in [-0.1, -0.05) is 12.8 Å². The maximum absolute atomic E-state index is 10.1. The molecular formula is C17H37N5O8. The van der Waals surface area contributed by atoms with Gasteiger partial charge in [0.15, 0.2) is 0 Å². The van der Waals surface area contributed by atoms with Crippen LogP contribution in [0, 0.1) is 0 Å². The van der Waals surface area contributed by atoms with E-state index in [0.29, 0.717) is 25.9 Å². The first-order valence-corrected chi connectivity index (χ1v) is 9.47. The second-order valence-corrected chi connectivity index (χ2v) is 6.34. The number of hydrogen-bond donors (Lipinski definition) is 9. The van der Waals surface area contributed by atoms with Crippen LogP contribution in [0.3, 0.4) is 0 Å². The summed E-state index contributed by atoms with van der Waals surface area (Å²) in [4.78, 5) is 40.1. The molecule has 0 rings (SSSR count). The quantitative estimate of drug-likeness (QED) is 0.137. The van der Waals surface area contributed by atoms with Crippen LogP contribution < -0.4 is 28.7 Å². The van der Waals surface area contributed by atoms with E-state index in [4.69, 9.17) is 49.1 Å². The normalized spacial score (nSPS) is 12.8. The highest BCUT2D eigenvalue weighted by Gasteiger charge is 2.12. The molecule has 0 aromatic rings. The van der Waals surface area contributed by atoms with Crippen molar-refractivity contribution < 1.29 is 39.6 Å². The van der Waals surface area contributed by atoms with Crippen molar-refractivity contribution in [3.05, 3.63) is 0 Å².